The van der Waals surface area contributed by atoms with Crippen molar-refractivity contribution in [2.75, 3.05) is 31.1 Å². The second-order valence-electron chi connectivity index (χ2n) is 6.66. The third-order valence-corrected chi connectivity index (χ3v) is 6.95. The molecule has 132 valence electrons. The van der Waals surface area contributed by atoms with Gasteiger partial charge in [-0.1, -0.05) is 27.5 Å². The molecule has 0 aromatic heterocycles. The molecule has 2 saturated heterocycles. The number of halogens is 2. The maximum Gasteiger partial charge on any atom is 0.252 e. The minimum Gasteiger partial charge on any atom is -0.352 e. The van der Waals surface area contributed by atoms with Crippen molar-refractivity contribution in [1.29, 1.82) is 0 Å². The number of hydrogen-bond acceptors (Lipinski definition) is 3. The number of piperidine rings is 1. The zero-order valence-corrected chi connectivity index (χ0v) is 16.9. The summed E-state index contributed by atoms with van der Waals surface area (Å²) < 4.78 is 0.871. The van der Waals surface area contributed by atoms with Crippen LogP contribution in [0.15, 0.2) is 22.7 Å². The molecule has 2 aliphatic heterocycles. The lowest BCUT2D eigenvalue weighted by molar-refractivity contribution is 0.0920. The van der Waals surface area contributed by atoms with E-state index in [1.54, 1.807) is 12.1 Å². The van der Waals surface area contributed by atoms with Crippen LogP contribution in [0.5, 0.6) is 0 Å². The SMILES string of the molecule is O=C(NCC1CCN(C2CCSCC2)CC1)c1cc(Br)ccc1Cl. The Morgan fingerprint density at radius 1 is 1.25 bits per heavy atom. The van der Waals surface area contributed by atoms with E-state index in [4.69, 9.17) is 11.6 Å². The van der Waals surface area contributed by atoms with Gasteiger partial charge in [-0.2, -0.15) is 11.8 Å². The summed E-state index contributed by atoms with van der Waals surface area (Å²) in [5.74, 6) is 3.13. The second-order valence-corrected chi connectivity index (χ2v) is 9.20. The van der Waals surface area contributed by atoms with E-state index < -0.39 is 0 Å². The third kappa shape index (κ3) is 4.90. The summed E-state index contributed by atoms with van der Waals surface area (Å²) in [5, 5.41) is 3.57. The minimum atomic E-state index is -0.0759. The van der Waals surface area contributed by atoms with Crippen molar-refractivity contribution in [3.63, 3.8) is 0 Å². The van der Waals surface area contributed by atoms with Crippen LogP contribution in [0.1, 0.15) is 36.0 Å². The van der Waals surface area contributed by atoms with E-state index >= 15 is 0 Å². The Kier molecular flexibility index (Phi) is 6.90. The van der Waals surface area contributed by atoms with Crippen LogP contribution in [0.4, 0.5) is 0 Å². The molecule has 0 unspecified atom stereocenters. The monoisotopic (exact) mass is 430 g/mol. The van der Waals surface area contributed by atoms with E-state index in [9.17, 15) is 4.79 Å². The average molecular weight is 432 g/mol. The van der Waals surface area contributed by atoms with Crippen molar-refractivity contribution < 1.29 is 4.79 Å². The summed E-state index contributed by atoms with van der Waals surface area (Å²) in [7, 11) is 0. The molecular formula is C18H24BrClN2OS. The summed E-state index contributed by atoms with van der Waals surface area (Å²) in [6.07, 6.45) is 5.03. The zero-order valence-electron chi connectivity index (χ0n) is 13.8. The van der Waals surface area contributed by atoms with E-state index in [0.29, 0.717) is 16.5 Å². The van der Waals surface area contributed by atoms with E-state index in [2.05, 4.69) is 37.9 Å². The van der Waals surface area contributed by atoms with Gasteiger partial charge in [-0.3, -0.25) is 4.79 Å². The Bertz CT molecular complexity index is 572. The summed E-state index contributed by atoms with van der Waals surface area (Å²) in [6.45, 7) is 3.09. The summed E-state index contributed by atoms with van der Waals surface area (Å²) in [5.41, 5.74) is 0.545. The van der Waals surface area contributed by atoms with Gasteiger partial charge < -0.3 is 10.2 Å². The molecular weight excluding hydrogens is 408 g/mol. The third-order valence-electron chi connectivity index (χ3n) is 5.08. The average Bonchev–Trinajstić information content (AvgIpc) is 2.63. The molecule has 2 aliphatic rings. The fourth-order valence-corrected chi connectivity index (χ4v) is 5.22. The number of rotatable bonds is 4. The number of thioether (sulfide) groups is 1. The number of nitrogens with one attached hydrogen (secondary N) is 1. The molecule has 2 fully saturated rings. The minimum absolute atomic E-state index is 0.0759. The van der Waals surface area contributed by atoms with Crippen molar-refractivity contribution in [1.82, 2.24) is 10.2 Å². The number of carbonyl (C=O) groups excluding carboxylic acids is 1. The van der Waals surface area contributed by atoms with Crippen LogP contribution in [0.2, 0.25) is 5.02 Å². The molecule has 1 N–H and O–H groups in total. The molecule has 1 aromatic carbocycles. The van der Waals surface area contributed by atoms with Gasteiger partial charge in [0.15, 0.2) is 0 Å². The number of amides is 1. The zero-order chi connectivity index (χ0) is 16.9. The topological polar surface area (TPSA) is 32.3 Å². The molecule has 24 heavy (non-hydrogen) atoms. The van der Waals surface area contributed by atoms with Gasteiger partial charge in [0, 0.05) is 17.1 Å². The normalized spacial score (nSPS) is 20.9. The molecule has 1 amide bonds. The molecule has 0 bridgehead atoms. The predicted molar refractivity (Wildman–Crippen MR) is 106 cm³/mol. The largest absolute Gasteiger partial charge is 0.352 e. The molecule has 0 atom stereocenters. The first-order valence-electron chi connectivity index (χ1n) is 8.68. The first-order chi connectivity index (χ1) is 11.6. The van der Waals surface area contributed by atoms with Gasteiger partial charge in [0.05, 0.1) is 10.6 Å². The highest BCUT2D eigenvalue weighted by molar-refractivity contribution is 9.10. The van der Waals surface area contributed by atoms with Gasteiger partial charge >= 0.3 is 0 Å². The molecule has 0 spiro atoms. The van der Waals surface area contributed by atoms with Crippen molar-refractivity contribution in [3.8, 4) is 0 Å². The van der Waals surface area contributed by atoms with Gasteiger partial charge in [0.1, 0.15) is 0 Å². The van der Waals surface area contributed by atoms with Crippen molar-refractivity contribution >= 4 is 45.2 Å². The first kappa shape index (κ1) is 18.6. The maximum absolute atomic E-state index is 12.3. The molecule has 3 nitrogen and oxygen atoms in total. The highest BCUT2D eigenvalue weighted by Gasteiger charge is 2.26. The Labute approximate surface area is 162 Å². The van der Waals surface area contributed by atoms with Gasteiger partial charge in [-0.25, -0.2) is 0 Å². The fourth-order valence-electron chi connectivity index (χ4n) is 3.58. The lowest BCUT2D eigenvalue weighted by atomic mass is 9.94. The maximum atomic E-state index is 12.3. The lowest BCUT2D eigenvalue weighted by Crippen LogP contribution is -2.45. The van der Waals surface area contributed by atoms with Crippen LogP contribution in [0, 0.1) is 5.92 Å². The van der Waals surface area contributed by atoms with Crippen LogP contribution >= 0.6 is 39.3 Å². The predicted octanol–water partition coefficient (Wildman–Crippen LogP) is 4.44. The van der Waals surface area contributed by atoms with Gasteiger partial charge in [-0.15, -0.1) is 0 Å². The number of carbonyl (C=O) groups is 1. The van der Waals surface area contributed by atoms with Gasteiger partial charge in [-0.05, 0) is 74.4 Å². The summed E-state index contributed by atoms with van der Waals surface area (Å²) in [4.78, 5) is 15.0. The summed E-state index contributed by atoms with van der Waals surface area (Å²) in [6, 6.07) is 6.17. The summed E-state index contributed by atoms with van der Waals surface area (Å²) >= 11 is 11.6. The molecule has 0 aliphatic carbocycles. The van der Waals surface area contributed by atoms with Crippen LogP contribution in [-0.2, 0) is 0 Å². The van der Waals surface area contributed by atoms with E-state index in [1.807, 2.05) is 6.07 Å². The highest BCUT2D eigenvalue weighted by atomic mass is 79.9. The van der Waals surface area contributed by atoms with Gasteiger partial charge in [0.2, 0.25) is 0 Å². The van der Waals surface area contributed by atoms with Crippen LogP contribution in [-0.4, -0.2) is 48.0 Å². The smallest absolute Gasteiger partial charge is 0.252 e. The molecule has 2 heterocycles. The Morgan fingerprint density at radius 2 is 1.96 bits per heavy atom. The first-order valence-corrected chi connectivity index (χ1v) is 11.0. The van der Waals surface area contributed by atoms with Crippen LogP contribution in [0.25, 0.3) is 0 Å². The highest BCUT2D eigenvalue weighted by Crippen LogP contribution is 2.26. The second kappa shape index (κ2) is 8.93. The Balaban J connectivity index is 1.44. The lowest BCUT2D eigenvalue weighted by Gasteiger charge is -2.39. The Hall–Kier alpha value is -0.230. The standard InChI is InChI=1S/C18H24BrClN2OS/c19-14-1-2-17(20)16(11-14)18(23)21-12-13-3-7-22(8-4-13)15-5-9-24-10-6-15/h1-2,11,13,15H,3-10,12H2,(H,21,23). The van der Waals surface area contributed by atoms with E-state index in [0.717, 1.165) is 17.1 Å². The van der Waals surface area contributed by atoms with Crippen LogP contribution < -0.4 is 5.32 Å². The van der Waals surface area contributed by atoms with E-state index in [1.165, 1.54) is 50.3 Å². The molecule has 1 aromatic rings. The van der Waals surface area contributed by atoms with Gasteiger partial charge in [0.25, 0.3) is 5.91 Å². The number of hydrogen-bond donors (Lipinski definition) is 1. The van der Waals surface area contributed by atoms with Crippen molar-refractivity contribution in [2.24, 2.45) is 5.92 Å². The molecule has 3 rings (SSSR count). The fraction of sp³-hybridized carbons (Fsp3) is 0.611. The van der Waals surface area contributed by atoms with Crippen molar-refractivity contribution in [2.45, 2.75) is 31.7 Å². The molecule has 6 heteroatoms. The van der Waals surface area contributed by atoms with Crippen LogP contribution in [0.3, 0.4) is 0 Å². The van der Waals surface area contributed by atoms with E-state index in [-0.39, 0.29) is 5.91 Å². The quantitative estimate of drug-likeness (QED) is 0.765. The molecule has 0 saturated carbocycles. The molecule has 0 radical (unpaired) electrons. The number of likely N-dealkylation sites (tertiary alicyclic amines) is 1. The van der Waals surface area contributed by atoms with Crippen molar-refractivity contribution in [3.05, 3.63) is 33.3 Å². The number of benzene rings is 1. The number of nitrogens with zero attached hydrogens (tertiary/aromatic N) is 1. The Morgan fingerprint density at radius 3 is 2.67 bits per heavy atom.